The van der Waals surface area contributed by atoms with Gasteiger partial charge in [0.05, 0.1) is 0 Å². The Morgan fingerprint density at radius 3 is 1.24 bits per heavy atom. The predicted octanol–water partition coefficient (Wildman–Crippen LogP) is 13.0. The summed E-state index contributed by atoms with van der Waals surface area (Å²) in [5.41, 5.74) is 9.93. The Morgan fingerprint density at radius 2 is 0.630 bits per heavy atom. The molecular formula is C46H30. The Morgan fingerprint density at radius 1 is 0.196 bits per heavy atom. The van der Waals surface area contributed by atoms with Crippen LogP contribution < -0.4 is 0 Å². The molecule has 0 spiro atoms. The second-order valence-electron chi connectivity index (χ2n) is 12.2. The summed E-state index contributed by atoms with van der Waals surface area (Å²) in [6, 6.07) is 66.6. The van der Waals surface area contributed by atoms with Crippen LogP contribution in [-0.4, -0.2) is 0 Å². The molecule has 0 aliphatic carbocycles. The average molecular weight is 583 g/mol. The quantitative estimate of drug-likeness (QED) is 0.181. The number of rotatable bonds is 4. The minimum atomic E-state index is 1.23. The van der Waals surface area contributed by atoms with Gasteiger partial charge in [-0.15, -0.1) is 0 Å². The van der Waals surface area contributed by atoms with Crippen LogP contribution in [0.3, 0.4) is 0 Å². The lowest BCUT2D eigenvalue weighted by molar-refractivity contribution is 1.62. The Hall–Kier alpha value is -5.98. The van der Waals surface area contributed by atoms with Gasteiger partial charge >= 0.3 is 0 Å². The number of fused-ring (bicyclic) bond motifs is 5. The SMILES string of the molecule is c1ccc(-c2ccc3cc(-c4ccc5cc(-c6cccc(-c7cc8ccccc8c8ccccc78)c6)ccc5c4)ccc3c2)cc1. The van der Waals surface area contributed by atoms with E-state index in [4.69, 9.17) is 0 Å². The highest BCUT2D eigenvalue weighted by molar-refractivity contribution is 6.14. The molecule has 214 valence electrons. The molecule has 0 heterocycles. The number of hydrogen-bond acceptors (Lipinski definition) is 0. The van der Waals surface area contributed by atoms with Crippen LogP contribution in [0.15, 0.2) is 182 Å². The van der Waals surface area contributed by atoms with Crippen LogP contribution in [0.5, 0.6) is 0 Å². The fourth-order valence-corrected chi connectivity index (χ4v) is 7.00. The van der Waals surface area contributed by atoms with Crippen molar-refractivity contribution in [3.05, 3.63) is 182 Å². The minimum Gasteiger partial charge on any atom is -0.0622 e. The monoisotopic (exact) mass is 582 g/mol. The average Bonchev–Trinajstić information content (AvgIpc) is 3.14. The summed E-state index contributed by atoms with van der Waals surface area (Å²) in [5.74, 6) is 0. The first-order valence-corrected chi connectivity index (χ1v) is 15.9. The maximum absolute atomic E-state index is 2.34. The molecule has 0 fully saturated rings. The third-order valence-corrected chi connectivity index (χ3v) is 9.40. The Balaban J connectivity index is 1.06. The zero-order valence-electron chi connectivity index (χ0n) is 25.3. The molecule has 0 aliphatic rings. The molecule has 0 atom stereocenters. The molecule has 0 radical (unpaired) electrons. The highest BCUT2D eigenvalue weighted by Crippen LogP contribution is 2.37. The second-order valence-corrected chi connectivity index (χ2v) is 12.2. The maximum atomic E-state index is 2.34. The smallest absolute Gasteiger partial charge is 0.00988 e. The van der Waals surface area contributed by atoms with E-state index >= 15 is 0 Å². The molecule has 0 N–H and O–H groups in total. The van der Waals surface area contributed by atoms with E-state index in [2.05, 4.69) is 182 Å². The largest absolute Gasteiger partial charge is 0.0622 e. The summed E-state index contributed by atoms with van der Waals surface area (Å²) in [5, 5.41) is 10.2. The van der Waals surface area contributed by atoms with Crippen LogP contribution in [0.4, 0.5) is 0 Å². The molecule has 0 nitrogen and oxygen atoms in total. The van der Waals surface area contributed by atoms with Crippen LogP contribution in [0, 0.1) is 0 Å². The van der Waals surface area contributed by atoms with Gasteiger partial charge in [0.15, 0.2) is 0 Å². The summed E-state index contributed by atoms with van der Waals surface area (Å²) >= 11 is 0. The van der Waals surface area contributed by atoms with Gasteiger partial charge in [0.1, 0.15) is 0 Å². The third-order valence-electron chi connectivity index (χ3n) is 9.40. The summed E-state index contributed by atoms with van der Waals surface area (Å²) in [6.07, 6.45) is 0. The highest BCUT2D eigenvalue weighted by atomic mass is 14.1. The van der Waals surface area contributed by atoms with Gasteiger partial charge in [-0.2, -0.15) is 0 Å². The molecule has 0 saturated heterocycles. The normalized spacial score (nSPS) is 11.5. The zero-order valence-corrected chi connectivity index (χ0v) is 25.3. The minimum absolute atomic E-state index is 1.23. The molecule has 0 saturated carbocycles. The van der Waals surface area contributed by atoms with Crippen molar-refractivity contribution in [3.8, 4) is 44.5 Å². The topological polar surface area (TPSA) is 0 Å². The first kappa shape index (κ1) is 26.4. The van der Waals surface area contributed by atoms with Gasteiger partial charge in [-0.05, 0) is 124 Å². The van der Waals surface area contributed by atoms with Crippen LogP contribution in [0.1, 0.15) is 0 Å². The molecule has 0 heteroatoms. The van der Waals surface area contributed by atoms with Crippen molar-refractivity contribution >= 4 is 43.1 Å². The number of benzene rings is 9. The molecule has 0 bridgehead atoms. The van der Waals surface area contributed by atoms with Crippen molar-refractivity contribution in [1.29, 1.82) is 0 Å². The van der Waals surface area contributed by atoms with Crippen molar-refractivity contribution in [2.75, 3.05) is 0 Å². The maximum Gasteiger partial charge on any atom is -0.00988 e. The summed E-state index contributed by atoms with van der Waals surface area (Å²) in [6.45, 7) is 0. The molecule has 9 aromatic rings. The molecule has 9 aromatic carbocycles. The van der Waals surface area contributed by atoms with Gasteiger partial charge in [-0.25, -0.2) is 0 Å². The van der Waals surface area contributed by atoms with Gasteiger partial charge in [0.2, 0.25) is 0 Å². The van der Waals surface area contributed by atoms with Crippen molar-refractivity contribution in [1.82, 2.24) is 0 Å². The van der Waals surface area contributed by atoms with Crippen molar-refractivity contribution < 1.29 is 0 Å². The van der Waals surface area contributed by atoms with Crippen molar-refractivity contribution in [2.45, 2.75) is 0 Å². The van der Waals surface area contributed by atoms with E-state index in [-0.39, 0.29) is 0 Å². The zero-order chi connectivity index (χ0) is 30.5. The Kier molecular flexibility index (Phi) is 6.25. The fraction of sp³-hybridized carbons (Fsp3) is 0. The van der Waals surface area contributed by atoms with Gasteiger partial charge in [0.25, 0.3) is 0 Å². The van der Waals surface area contributed by atoms with Gasteiger partial charge < -0.3 is 0 Å². The van der Waals surface area contributed by atoms with Crippen LogP contribution in [0.2, 0.25) is 0 Å². The van der Waals surface area contributed by atoms with E-state index in [1.54, 1.807) is 0 Å². The van der Waals surface area contributed by atoms with E-state index in [1.165, 1.54) is 87.6 Å². The van der Waals surface area contributed by atoms with Gasteiger partial charge in [-0.1, -0.05) is 146 Å². The lowest BCUT2D eigenvalue weighted by Gasteiger charge is -2.13. The van der Waals surface area contributed by atoms with Gasteiger partial charge in [0, 0.05) is 0 Å². The first-order valence-electron chi connectivity index (χ1n) is 15.9. The number of hydrogen-bond donors (Lipinski definition) is 0. The lowest BCUT2D eigenvalue weighted by atomic mass is 9.91. The van der Waals surface area contributed by atoms with Gasteiger partial charge in [-0.3, -0.25) is 0 Å². The molecule has 9 rings (SSSR count). The van der Waals surface area contributed by atoms with Crippen LogP contribution in [-0.2, 0) is 0 Å². The molecule has 0 amide bonds. The Labute approximate surface area is 268 Å². The fourth-order valence-electron chi connectivity index (χ4n) is 7.00. The predicted molar refractivity (Wildman–Crippen MR) is 198 cm³/mol. The lowest BCUT2D eigenvalue weighted by Crippen LogP contribution is -1.86. The molecule has 46 heavy (non-hydrogen) atoms. The second kappa shape index (κ2) is 10.9. The van der Waals surface area contributed by atoms with E-state index in [9.17, 15) is 0 Å². The van der Waals surface area contributed by atoms with E-state index in [0.717, 1.165) is 0 Å². The molecular weight excluding hydrogens is 553 g/mol. The first-order chi connectivity index (χ1) is 22.8. The van der Waals surface area contributed by atoms with E-state index in [0.29, 0.717) is 0 Å². The molecule has 0 unspecified atom stereocenters. The van der Waals surface area contributed by atoms with Crippen LogP contribution in [0.25, 0.3) is 87.6 Å². The van der Waals surface area contributed by atoms with Crippen molar-refractivity contribution in [2.24, 2.45) is 0 Å². The van der Waals surface area contributed by atoms with E-state index in [1.807, 2.05) is 0 Å². The third kappa shape index (κ3) is 4.64. The standard InChI is InChI=1S/C46H30/c1-2-9-31(10-3-1)33-17-18-36-27-39(22-21-35(36)25-33)40-24-23-37-26-34(19-20-38(37)28-40)32-12-8-13-41(29-32)46-30-42-11-4-5-14-43(42)44-15-6-7-16-45(44)46/h1-30H. The van der Waals surface area contributed by atoms with Crippen LogP contribution >= 0.6 is 0 Å². The summed E-state index contributed by atoms with van der Waals surface area (Å²) in [7, 11) is 0. The molecule has 0 aromatic heterocycles. The molecule has 0 aliphatic heterocycles. The van der Waals surface area contributed by atoms with Crippen molar-refractivity contribution in [3.63, 3.8) is 0 Å². The highest BCUT2D eigenvalue weighted by Gasteiger charge is 2.10. The summed E-state index contributed by atoms with van der Waals surface area (Å²) in [4.78, 5) is 0. The van der Waals surface area contributed by atoms with E-state index < -0.39 is 0 Å². The Bertz CT molecular complexity index is 2570. The summed E-state index contributed by atoms with van der Waals surface area (Å²) < 4.78 is 0.